The maximum atomic E-state index is 15.2. The van der Waals surface area contributed by atoms with Crippen LogP contribution in [0.2, 0.25) is 0 Å². The average molecular weight is 565 g/mol. The molecule has 0 amide bonds. The lowest BCUT2D eigenvalue weighted by atomic mass is 9.95. The van der Waals surface area contributed by atoms with Gasteiger partial charge in [-0.1, -0.05) is 36.4 Å². The summed E-state index contributed by atoms with van der Waals surface area (Å²) >= 11 is 0. The fraction of sp³-hybridized carbons (Fsp3) is 0.310. The monoisotopic (exact) mass is 564 g/mol. The standard InChI is InChI=1S/C29H30F2N6O2S/c1-40(38,17-18-5-3-2-4-6-18)37-25-8-7-19(9-24(25)31)26-11-23(20-15-39-16-20)28-27(35-26)14-33-29(36-28)34-22-10-21(30)12-32-13-22/h2-9,11,14,20-22,32H,1,10,12-13,15-17H2,(H,37,38)(H,33,34,36)/t21-,22-,40?/m0/s1. The third-order valence-corrected chi connectivity index (χ3v) is 8.48. The second-order valence-electron chi connectivity index (χ2n) is 10.3. The number of hydrogen-bond acceptors (Lipinski definition) is 7. The molecule has 2 saturated heterocycles. The molecule has 4 aromatic rings. The first-order valence-corrected chi connectivity index (χ1v) is 15.1. The number of rotatable bonds is 8. The number of pyridine rings is 1. The molecule has 2 aliphatic rings. The van der Waals surface area contributed by atoms with Gasteiger partial charge in [-0.3, -0.25) is 0 Å². The van der Waals surface area contributed by atoms with E-state index >= 15 is 4.39 Å². The molecule has 3 atom stereocenters. The molecular weight excluding hydrogens is 534 g/mol. The van der Waals surface area contributed by atoms with Crippen molar-refractivity contribution in [1.82, 2.24) is 20.3 Å². The van der Waals surface area contributed by atoms with Crippen molar-refractivity contribution in [2.45, 2.75) is 30.3 Å². The van der Waals surface area contributed by atoms with Crippen molar-refractivity contribution in [3.05, 3.63) is 77.7 Å². The van der Waals surface area contributed by atoms with Crippen LogP contribution in [0.1, 0.15) is 23.5 Å². The van der Waals surface area contributed by atoms with E-state index in [-0.39, 0.29) is 23.4 Å². The van der Waals surface area contributed by atoms with Gasteiger partial charge in [0.1, 0.15) is 17.5 Å². The van der Waals surface area contributed by atoms with E-state index < -0.39 is 21.7 Å². The first-order chi connectivity index (χ1) is 19.3. The van der Waals surface area contributed by atoms with E-state index in [0.29, 0.717) is 61.0 Å². The Morgan fingerprint density at radius 2 is 1.93 bits per heavy atom. The Bertz CT molecular complexity index is 1630. The summed E-state index contributed by atoms with van der Waals surface area (Å²) in [6.45, 7) is 2.10. The first-order valence-electron chi connectivity index (χ1n) is 13.2. The van der Waals surface area contributed by atoms with Crippen LogP contribution in [0, 0.1) is 5.82 Å². The van der Waals surface area contributed by atoms with Gasteiger partial charge in [-0.2, -0.15) is 0 Å². The summed E-state index contributed by atoms with van der Waals surface area (Å²) in [6.07, 6.45) is 1.11. The minimum Gasteiger partial charge on any atom is -0.380 e. The van der Waals surface area contributed by atoms with Crippen LogP contribution in [0.4, 0.5) is 20.4 Å². The first kappa shape index (κ1) is 26.5. The lowest BCUT2D eigenvalue weighted by Gasteiger charge is -2.28. The minimum atomic E-state index is -2.81. The highest BCUT2D eigenvalue weighted by Crippen LogP contribution is 2.34. The molecule has 2 aromatic heterocycles. The molecule has 40 heavy (non-hydrogen) atoms. The number of piperidine rings is 1. The quantitative estimate of drug-likeness (QED) is 0.275. The van der Waals surface area contributed by atoms with E-state index in [0.717, 1.165) is 11.1 Å². The van der Waals surface area contributed by atoms with E-state index in [2.05, 4.69) is 26.2 Å². The summed E-state index contributed by atoms with van der Waals surface area (Å²) in [5, 5.41) is 6.30. The molecule has 8 nitrogen and oxygen atoms in total. The summed E-state index contributed by atoms with van der Waals surface area (Å²) in [6, 6.07) is 15.8. The third-order valence-electron chi connectivity index (χ3n) is 7.09. The van der Waals surface area contributed by atoms with Crippen LogP contribution in [0.5, 0.6) is 0 Å². The van der Waals surface area contributed by atoms with E-state index in [1.165, 1.54) is 6.07 Å². The van der Waals surface area contributed by atoms with Gasteiger partial charge in [-0.25, -0.2) is 27.9 Å². The van der Waals surface area contributed by atoms with Gasteiger partial charge >= 0.3 is 0 Å². The molecule has 3 N–H and O–H groups in total. The van der Waals surface area contributed by atoms with Gasteiger partial charge in [0, 0.05) is 46.7 Å². The normalized spacial score (nSPS) is 20.9. The van der Waals surface area contributed by atoms with Gasteiger partial charge in [0.15, 0.2) is 0 Å². The number of hydrogen-bond donors (Lipinski definition) is 3. The van der Waals surface area contributed by atoms with Gasteiger partial charge < -0.3 is 20.1 Å². The molecule has 2 aromatic carbocycles. The Balaban J connectivity index is 1.27. The Labute approximate surface area is 231 Å². The maximum absolute atomic E-state index is 15.2. The predicted molar refractivity (Wildman–Crippen MR) is 155 cm³/mol. The van der Waals surface area contributed by atoms with E-state index in [1.807, 2.05) is 36.4 Å². The number of halogens is 2. The molecule has 11 heteroatoms. The second-order valence-corrected chi connectivity index (χ2v) is 12.4. The fourth-order valence-electron chi connectivity index (χ4n) is 5.01. The summed E-state index contributed by atoms with van der Waals surface area (Å²) < 4.78 is 50.3. The van der Waals surface area contributed by atoms with Crippen LogP contribution in [-0.4, -0.2) is 63.5 Å². The molecule has 2 aliphatic heterocycles. The van der Waals surface area contributed by atoms with Gasteiger partial charge in [0.05, 0.1) is 42.1 Å². The number of nitrogens with zero attached hydrogens (tertiary/aromatic N) is 3. The van der Waals surface area contributed by atoms with E-state index in [9.17, 15) is 8.60 Å². The Hall–Kier alpha value is -3.67. The number of anilines is 2. The van der Waals surface area contributed by atoms with Crippen molar-refractivity contribution in [3.8, 4) is 11.3 Å². The molecule has 1 unspecified atom stereocenters. The molecule has 2 fully saturated rings. The predicted octanol–water partition coefficient (Wildman–Crippen LogP) is 4.30. The van der Waals surface area contributed by atoms with E-state index in [1.54, 1.807) is 18.3 Å². The van der Waals surface area contributed by atoms with Crippen molar-refractivity contribution in [2.24, 2.45) is 0 Å². The SMILES string of the molecule is C=S(=O)(Cc1ccccc1)Nc1ccc(-c2cc(C3COC3)c3nc(N[C@@H]4CNC[C@@H](F)C4)ncc3n2)cc1F. The Morgan fingerprint density at radius 1 is 1.10 bits per heavy atom. The topological polar surface area (TPSA) is 101 Å². The van der Waals surface area contributed by atoms with Gasteiger partial charge in [0.25, 0.3) is 0 Å². The zero-order chi connectivity index (χ0) is 27.7. The number of nitrogens with one attached hydrogen (secondary N) is 3. The Morgan fingerprint density at radius 3 is 2.65 bits per heavy atom. The number of aromatic nitrogens is 3. The van der Waals surface area contributed by atoms with Crippen molar-refractivity contribution in [2.75, 3.05) is 36.3 Å². The second kappa shape index (κ2) is 11.1. The summed E-state index contributed by atoms with van der Waals surface area (Å²) in [7, 11) is -2.81. The summed E-state index contributed by atoms with van der Waals surface area (Å²) in [5.41, 5.74) is 4.29. The molecule has 0 bridgehead atoms. The minimum absolute atomic E-state index is 0.111. The lowest BCUT2D eigenvalue weighted by molar-refractivity contribution is 0.00893. The van der Waals surface area contributed by atoms with Crippen LogP contribution in [0.3, 0.4) is 0 Å². The van der Waals surface area contributed by atoms with Crippen LogP contribution >= 0.6 is 0 Å². The highest BCUT2D eigenvalue weighted by atomic mass is 32.2. The highest BCUT2D eigenvalue weighted by Gasteiger charge is 2.26. The van der Waals surface area contributed by atoms with Crippen LogP contribution in [0.25, 0.3) is 22.3 Å². The molecule has 4 heterocycles. The van der Waals surface area contributed by atoms with Crippen LogP contribution in [0.15, 0.2) is 60.8 Å². The molecule has 0 spiro atoms. The lowest BCUT2D eigenvalue weighted by Crippen LogP contribution is -2.44. The number of fused-ring (bicyclic) bond motifs is 1. The number of alkyl halides is 1. The van der Waals surface area contributed by atoms with Crippen molar-refractivity contribution in [3.63, 3.8) is 0 Å². The van der Waals surface area contributed by atoms with Gasteiger partial charge in [0.2, 0.25) is 5.95 Å². The van der Waals surface area contributed by atoms with Crippen molar-refractivity contribution < 1.29 is 17.7 Å². The zero-order valence-electron chi connectivity index (χ0n) is 21.8. The largest absolute Gasteiger partial charge is 0.380 e. The van der Waals surface area contributed by atoms with Gasteiger partial charge in [-0.05, 0) is 35.2 Å². The molecule has 6 rings (SSSR count). The summed E-state index contributed by atoms with van der Waals surface area (Å²) in [4.78, 5) is 13.9. The number of ether oxygens (including phenoxy) is 1. The fourth-order valence-corrected chi connectivity index (χ4v) is 6.38. The van der Waals surface area contributed by atoms with Crippen LogP contribution in [-0.2, 0) is 20.2 Å². The van der Waals surface area contributed by atoms with Crippen molar-refractivity contribution >= 4 is 38.2 Å². The maximum Gasteiger partial charge on any atom is 0.223 e. The molecule has 0 radical (unpaired) electrons. The third kappa shape index (κ3) is 5.91. The van der Waals surface area contributed by atoms with E-state index in [4.69, 9.17) is 14.7 Å². The zero-order valence-corrected chi connectivity index (χ0v) is 22.6. The smallest absolute Gasteiger partial charge is 0.223 e. The average Bonchev–Trinajstić information content (AvgIpc) is 2.89. The van der Waals surface area contributed by atoms with Gasteiger partial charge in [-0.15, -0.1) is 0 Å². The highest BCUT2D eigenvalue weighted by molar-refractivity contribution is 8.00. The number of benzene rings is 2. The Kier molecular flexibility index (Phi) is 7.35. The summed E-state index contributed by atoms with van der Waals surface area (Å²) in [5.74, 6) is 3.96. The van der Waals surface area contributed by atoms with Crippen molar-refractivity contribution in [1.29, 1.82) is 0 Å². The molecule has 0 saturated carbocycles. The molecular formula is C29H30F2N6O2S. The molecule has 0 aliphatic carbocycles. The molecule has 208 valence electrons. The van der Waals surface area contributed by atoms with Crippen LogP contribution < -0.4 is 15.4 Å².